The van der Waals surface area contributed by atoms with Gasteiger partial charge in [0.1, 0.15) is 0 Å². The molecule has 1 aliphatic carbocycles. The topological polar surface area (TPSA) is 28.2 Å². The average Bonchev–Trinajstić information content (AvgIpc) is 2.91. The van der Waals surface area contributed by atoms with Gasteiger partial charge in [-0.2, -0.15) is 0 Å². The molecule has 0 aromatic carbocycles. The van der Waals surface area contributed by atoms with E-state index in [1.54, 1.807) is 0 Å². The predicted octanol–water partition coefficient (Wildman–Crippen LogP) is 4.22. The fraction of sp³-hybridized carbons (Fsp3) is 0.824. The van der Waals surface area contributed by atoms with Crippen molar-refractivity contribution in [1.82, 2.24) is 10.3 Å². The number of aromatic nitrogens is 1. The van der Waals surface area contributed by atoms with Crippen molar-refractivity contribution in [3.05, 3.63) is 10.6 Å². The Morgan fingerprint density at radius 1 is 1.24 bits per heavy atom. The van der Waals surface area contributed by atoms with Gasteiger partial charge in [-0.1, -0.05) is 20.8 Å². The molecule has 1 aromatic rings. The van der Waals surface area contributed by atoms with Crippen LogP contribution < -0.4 is 10.2 Å². The summed E-state index contributed by atoms with van der Waals surface area (Å²) in [5.74, 6) is 0.908. The summed E-state index contributed by atoms with van der Waals surface area (Å²) in [6.45, 7) is 8.87. The van der Waals surface area contributed by atoms with Crippen molar-refractivity contribution in [3.63, 3.8) is 0 Å². The van der Waals surface area contributed by atoms with Gasteiger partial charge in [-0.25, -0.2) is 4.98 Å². The highest BCUT2D eigenvalue weighted by molar-refractivity contribution is 7.15. The van der Waals surface area contributed by atoms with E-state index in [0.717, 1.165) is 25.4 Å². The quantitative estimate of drug-likeness (QED) is 0.764. The minimum Gasteiger partial charge on any atom is -0.348 e. The molecule has 0 bridgehead atoms. The smallest absolute Gasteiger partial charge is 0.185 e. The molecule has 0 amide bonds. The van der Waals surface area contributed by atoms with Gasteiger partial charge < -0.3 is 10.2 Å². The van der Waals surface area contributed by atoms with E-state index in [0.29, 0.717) is 6.04 Å². The third-order valence-electron chi connectivity index (χ3n) is 4.65. The molecule has 0 atom stereocenters. The Morgan fingerprint density at radius 3 is 2.57 bits per heavy atom. The molecule has 1 N–H and O–H groups in total. The molecule has 2 rings (SSSR count). The molecule has 1 heterocycles. The molecule has 3 nitrogen and oxygen atoms in total. The average molecular weight is 310 g/mol. The Hall–Kier alpha value is -0.610. The number of nitrogens with zero attached hydrogens (tertiary/aromatic N) is 2. The number of thiazole rings is 1. The summed E-state index contributed by atoms with van der Waals surface area (Å²) in [7, 11) is 2.24. The first kappa shape index (κ1) is 16.8. The number of hydrogen-bond donors (Lipinski definition) is 1. The van der Waals surface area contributed by atoms with E-state index in [9.17, 15) is 0 Å². The van der Waals surface area contributed by atoms with Crippen LogP contribution in [0.3, 0.4) is 0 Å². The van der Waals surface area contributed by atoms with Crippen molar-refractivity contribution in [1.29, 1.82) is 0 Å². The predicted molar refractivity (Wildman–Crippen MR) is 93.3 cm³/mol. The molecular weight excluding hydrogens is 278 g/mol. The Labute approximate surface area is 134 Å². The molecule has 1 aliphatic rings. The van der Waals surface area contributed by atoms with Gasteiger partial charge in [-0.3, -0.25) is 0 Å². The summed E-state index contributed by atoms with van der Waals surface area (Å²) in [5.41, 5.74) is 1.29. The van der Waals surface area contributed by atoms with Crippen molar-refractivity contribution in [2.75, 3.05) is 18.5 Å². The normalized spacial score (nSPS) is 22.5. The Kier molecular flexibility index (Phi) is 6.49. The minimum absolute atomic E-state index is 0.688. The van der Waals surface area contributed by atoms with E-state index in [1.807, 2.05) is 11.3 Å². The zero-order chi connectivity index (χ0) is 15.2. The second-order valence-electron chi connectivity index (χ2n) is 6.42. The largest absolute Gasteiger partial charge is 0.348 e. The molecule has 120 valence electrons. The van der Waals surface area contributed by atoms with Crippen LogP contribution in [0.25, 0.3) is 0 Å². The fourth-order valence-electron chi connectivity index (χ4n) is 3.10. The van der Waals surface area contributed by atoms with Crippen LogP contribution in [-0.2, 0) is 13.0 Å². The van der Waals surface area contributed by atoms with Crippen LogP contribution in [0.15, 0.2) is 0 Å². The van der Waals surface area contributed by atoms with E-state index < -0.39 is 0 Å². The van der Waals surface area contributed by atoms with Crippen LogP contribution in [0, 0.1) is 5.92 Å². The van der Waals surface area contributed by atoms with Gasteiger partial charge in [0.2, 0.25) is 0 Å². The maximum Gasteiger partial charge on any atom is 0.185 e. The molecule has 21 heavy (non-hydrogen) atoms. The third-order valence-corrected chi connectivity index (χ3v) is 5.84. The number of aryl methyl sites for hydroxylation is 1. The van der Waals surface area contributed by atoms with Crippen LogP contribution in [0.5, 0.6) is 0 Å². The summed E-state index contributed by atoms with van der Waals surface area (Å²) in [4.78, 5) is 8.78. The lowest BCUT2D eigenvalue weighted by Gasteiger charge is -2.33. The summed E-state index contributed by atoms with van der Waals surface area (Å²) >= 11 is 1.89. The molecule has 4 heteroatoms. The van der Waals surface area contributed by atoms with E-state index in [4.69, 9.17) is 4.98 Å². The molecular formula is C17H31N3S. The third kappa shape index (κ3) is 4.43. The summed E-state index contributed by atoms with van der Waals surface area (Å²) in [5, 5.41) is 4.74. The molecule has 1 aromatic heterocycles. The van der Waals surface area contributed by atoms with Gasteiger partial charge >= 0.3 is 0 Å². The van der Waals surface area contributed by atoms with Crippen molar-refractivity contribution in [2.45, 2.75) is 71.9 Å². The lowest BCUT2D eigenvalue weighted by Crippen LogP contribution is -2.34. The Balaban J connectivity index is 2.01. The Morgan fingerprint density at radius 2 is 1.95 bits per heavy atom. The van der Waals surface area contributed by atoms with Gasteiger partial charge in [0.05, 0.1) is 5.69 Å². The standard InChI is InChI=1S/C17H31N3S/c1-5-11-18-12-16-15(6-2)19-17(21-16)20(4)14-9-7-13(3)8-10-14/h13-14,18H,5-12H2,1-4H3. The zero-order valence-corrected chi connectivity index (χ0v) is 14.9. The van der Waals surface area contributed by atoms with Crippen LogP contribution in [-0.4, -0.2) is 24.6 Å². The van der Waals surface area contributed by atoms with Crippen LogP contribution >= 0.6 is 11.3 Å². The second kappa shape index (κ2) is 8.14. The SMILES string of the molecule is CCCNCc1sc(N(C)C2CCC(C)CC2)nc1CC. The van der Waals surface area contributed by atoms with Gasteiger partial charge in [0.25, 0.3) is 0 Å². The maximum absolute atomic E-state index is 4.91. The van der Waals surface area contributed by atoms with Crippen LogP contribution in [0.4, 0.5) is 5.13 Å². The van der Waals surface area contributed by atoms with E-state index in [-0.39, 0.29) is 0 Å². The number of nitrogens with one attached hydrogen (secondary N) is 1. The van der Waals surface area contributed by atoms with E-state index in [1.165, 1.54) is 47.8 Å². The van der Waals surface area contributed by atoms with Gasteiger partial charge in [0, 0.05) is 24.5 Å². The van der Waals surface area contributed by atoms with Crippen molar-refractivity contribution in [3.8, 4) is 0 Å². The van der Waals surface area contributed by atoms with Crippen LogP contribution in [0.2, 0.25) is 0 Å². The first-order valence-corrected chi connectivity index (χ1v) is 9.39. The highest BCUT2D eigenvalue weighted by atomic mass is 32.1. The molecule has 0 radical (unpaired) electrons. The molecule has 1 saturated carbocycles. The molecule has 0 aliphatic heterocycles. The van der Waals surface area contributed by atoms with Gasteiger partial charge in [-0.05, 0) is 51.0 Å². The van der Waals surface area contributed by atoms with Gasteiger partial charge in [-0.15, -0.1) is 11.3 Å². The summed E-state index contributed by atoms with van der Waals surface area (Å²) in [6.07, 6.45) is 7.60. The molecule has 1 fully saturated rings. The number of rotatable bonds is 7. The number of anilines is 1. The summed E-state index contributed by atoms with van der Waals surface area (Å²) in [6, 6.07) is 0.688. The first-order chi connectivity index (χ1) is 10.2. The highest BCUT2D eigenvalue weighted by Crippen LogP contribution is 2.32. The second-order valence-corrected chi connectivity index (χ2v) is 7.48. The fourth-order valence-corrected chi connectivity index (χ4v) is 4.25. The Bertz CT molecular complexity index is 422. The minimum atomic E-state index is 0.688. The zero-order valence-electron chi connectivity index (χ0n) is 14.1. The highest BCUT2D eigenvalue weighted by Gasteiger charge is 2.24. The lowest BCUT2D eigenvalue weighted by molar-refractivity contribution is 0.340. The van der Waals surface area contributed by atoms with Crippen molar-refractivity contribution in [2.24, 2.45) is 5.92 Å². The first-order valence-electron chi connectivity index (χ1n) is 8.57. The summed E-state index contributed by atoms with van der Waals surface area (Å²) < 4.78 is 0. The lowest BCUT2D eigenvalue weighted by atomic mass is 9.87. The molecule has 0 saturated heterocycles. The van der Waals surface area contributed by atoms with E-state index in [2.05, 4.69) is 38.0 Å². The van der Waals surface area contributed by atoms with Gasteiger partial charge in [0.15, 0.2) is 5.13 Å². The maximum atomic E-state index is 4.91. The monoisotopic (exact) mass is 309 g/mol. The number of hydrogen-bond acceptors (Lipinski definition) is 4. The van der Waals surface area contributed by atoms with Crippen LogP contribution in [0.1, 0.15) is 63.4 Å². The van der Waals surface area contributed by atoms with E-state index >= 15 is 0 Å². The molecule has 0 spiro atoms. The molecule has 0 unspecified atom stereocenters. The van der Waals surface area contributed by atoms with Crippen molar-refractivity contribution >= 4 is 16.5 Å². The van der Waals surface area contributed by atoms with Crippen molar-refractivity contribution < 1.29 is 0 Å².